The van der Waals surface area contributed by atoms with Crippen molar-refractivity contribution in [2.24, 2.45) is 0 Å². The summed E-state index contributed by atoms with van der Waals surface area (Å²) >= 11 is 1.47. The first kappa shape index (κ1) is 13.5. The van der Waals surface area contributed by atoms with Gasteiger partial charge in [0.15, 0.2) is 5.82 Å². The highest BCUT2D eigenvalue weighted by atomic mass is 32.1. The zero-order chi connectivity index (χ0) is 14.0. The lowest BCUT2D eigenvalue weighted by Gasteiger charge is -2.13. The quantitative estimate of drug-likeness (QED) is 0.850. The Morgan fingerprint density at radius 3 is 2.79 bits per heavy atom. The molecular formula is C13H12F2N2OS. The third-order valence-electron chi connectivity index (χ3n) is 2.63. The van der Waals surface area contributed by atoms with E-state index in [1.807, 2.05) is 17.5 Å². The van der Waals surface area contributed by atoms with E-state index >= 15 is 0 Å². The summed E-state index contributed by atoms with van der Waals surface area (Å²) in [4.78, 5) is 12.8. The molecule has 1 amide bonds. The molecule has 0 saturated carbocycles. The van der Waals surface area contributed by atoms with E-state index in [1.165, 1.54) is 11.3 Å². The SMILES string of the molecule is CC(NC(=O)c1cc(F)cc(N)c1F)c1cccs1. The number of benzene rings is 1. The van der Waals surface area contributed by atoms with Gasteiger partial charge >= 0.3 is 0 Å². The van der Waals surface area contributed by atoms with Gasteiger partial charge in [0.05, 0.1) is 17.3 Å². The van der Waals surface area contributed by atoms with Gasteiger partial charge in [0.25, 0.3) is 5.91 Å². The molecule has 6 heteroatoms. The molecule has 3 N–H and O–H groups in total. The second-order valence-corrected chi connectivity index (χ2v) is 5.05. The van der Waals surface area contributed by atoms with E-state index in [-0.39, 0.29) is 17.3 Å². The number of halogens is 2. The minimum Gasteiger partial charge on any atom is -0.396 e. The largest absolute Gasteiger partial charge is 0.396 e. The van der Waals surface area contributed by atoms with Crippen molar-refractivity contribution in [2.45, 2.75) is 13.0 Å². The summed E-state index contributed by atoms with van der Waals surface area (Å²) in [6.07, 6.45) is 0. The Hall–Kier alpha value is -1.95. The number of carbonyl (C=O) groups is 1. The standard InChI is InChI=1S/C13H12F2N2OS/c1-7(11-3-2-4-19-11)17-13(18)9-5-8(14)6-10(16)12(9)15/h2-7H,16H2,1H3,(H,17,18). The first-order valence-corrected chi connectivity index (χ1v) is 6.45. The van der Waals surface area contributed by atoms with E-state index < -0.39 is 17.5 Å². The third kappa shape index (κ3) is 2.90. The zero-order valence-electron chi connectivity index (χ0n) is 10.1. The number of amides is 1. The van der Waals surface area contributed by atoms with Crippen molar-refractivity contribution < 1.29 is 13.6 Å². The molecule has 0 aliphatic heterocycles. The van der Waals surface area contributed by atoms with Crippen LogP contribution in [0.5, 0.6) is 0 Å². The van der Waals surface area contributed by atoms with Gasteiger partial charge in [0, 0.05) is 4.88 Å². The van der Waals surface area contributed by atoms with Gasteiger partial charge in [-0.05, 0) is 30.5 Å². The highest BCUT2D eigenvalue weighted by Crippen LogP contribution is 2.21. The molecular weight excluding hydrogens is 270 g/mol. The monoisotopic (exact) mass is 282 g/mol. The van der Waals surface area contributed by atoms with Crippen LogP contribution in [0.3, 0.4) is 0 Å². The van der Waals surface area contributed by atoms with E-state index in [2.05, 4.69) is 5.32 Å². The molecule has 1 atom stereocenters. The molecule has 0 aliphatic rings. The van der Waals surface area contributed by atoms with Crippen molar-refractivity contribution in [3.05, 3.63) is 51.7 Å². The van der Waals surface area contributed by atoms with Crippen LogP contribution in [0.2, 0.25) is 0 Å². The molecule has 0 bridgehead atoms. The fourth-order valence-corrected chi connectivity index (χ4v) is 2.39. The van der Waals surface area contributed by atoms with Crippen LogP contribution in [0.1, 0.15) is 28.2 Å². The first-order valence-electron chi connectivity index (χ1n) is 5.58. The molecule has 1 unspecified atom stereocenters. The van der Waals surface area contributed by atoms with Crippen molar-refractivity contribution in [2.75, 3.05) is 5.73 Å². The highest BCUT2D eigenvalue weighted by molar-refractivity contribution is 7.10. The number of hydrogen-bond donors (Lipinski definition) is 2. The van der Waals surface area contributed by atoms with Crippen LogP contribution < -0.4 is 11.1 Å². The minimum atomic E-state index is -0.905. The van der Waals surface area contributed by atoms with Gasteiger partial charge in [-0.1, -0.05) is 6.07 Å². The molecule has 0 radical (unpaired) electrons. The lowest BCUT2D eigenvalue weighted by atomic mass is 10.1. The van der Waals surface area contributed by atoms with Crippen LogP contribution in [0.15, 0.2) is 29.6 Å². The van der Waals surface area contributed by atoms with Crippen LogP contribution in [0, 0.1) is 11.6 Å². The number of anilines is 1. The maximum Gasteiger partial charge on any atom is 0.254 e. The number of nitrogens with two attached hydrogens (primary N) is 1. The van der Waals surface area contributed by atoms with Gasteiger partial charge in [-0.25, -0.2) is 8.78 Å². The number of thiophene rings is 1. The number of nitrogens with one attached hydrogen (secondary N) is 1. The summed E-state index contributed by atoms with van der Waals surface area (Å²) in [6.45, 7) is 1.77. The van der Waals surface area contributed by atoms with E-state index in [0.29, 0.717) is 0 Å². The van der Waals surface area contributed by atoms with E-state index in [4.69, 9.17) is 5.73 Å². The lowest BCUT2D eigenvalue weighted by molar-refractivity contribution is 0.0936. The number of carbonyl (C=O) groups excluding carboxylic acids is 1. The Morgan fingerprint density at radius 1 is 1.42 bits per heavy atom. The Morgan fingerprint density at radius 2 is 2.16 bits per heavy atom. The van der Waals surface area contributed by atoms with Crippen LogP contribution in [0.25, 0.3) is 0 Å². The minimum absolute atomic E-state index is 0.281. The van der Waals surface area contributed by atoms with Gasteiger partial charge in [-0.3, -0.25) is 4.79 Å². The molecule has 1 aromatic carbocycles. The van der Waals surface area contributed by atoms with Crippen molar-refractivity contribution in [3.8, 4) is 0 Å². The Labute approximate surface area is 113 Å². The molecule has 1 aromatic heterocycles. The van der Waals surface area contributed by atoms with E-state index in [9.17, 15) is 13.6 Å². The van der Waals surface area contributed by atoms with Crippen molar-refractivity contribution >= 4 is 22.9 Å². The smallest absolute Gasteiger partial charge is 0.254 e. The van der Waals surface area contributed by atoms with Crippen molar-refractivity contribution in [3.63, 3.8) is 0 Å². The summed E-state index contributed by atoms with van der Waals surface area (Å²) in [6, 6.07) is 5.10. The summed E-state index contributed by atoms with van der Waals surface area (Å²) in [5.74, 6) is -2.34. The van der Waals surface area contributed by atoms with Gasteiger partial charge in [0.2, 0.25) is 0 Å². The summed E-state index contributed by atoms with van der Waals surface area (Å²) < 4.78 is 26.8. The summed E-state index contributed by atoms with van der Waals surface area (Å²) in [7, 11) is 0. The molecule has 19 heavy (non-hydrogen) atoms. The van der Waals surface area contributed by atoms with Crippen LogP contribution in [-0.4, -0.2) is 5.91 Å². The van der Waals surface area contributed by atoms with Gasteiger partial charge in [-0.15, -0.1) is 11.3 Å². The molecule has 0 fully saturated rings. The van der Waals surface area contributed by atoms with Crippen LogP contribution in [-0.2, 0) is 0 Å². The molecule has 0 aliphatic carbocycles. The number of rotatable bonds is 3. The normalized spacial score (nSPS) is 12.2. The average Bonchev–Trinajstić information content (AvgIpc) is 2.87. The molecule has 0 spiro atoms. The second kappa shape index (κ2) is 5.36. The number of hydrogen-bond acceptors (Lipinski definition) is 3. The molecule has 0 saturated heterocycles. The third-order valence-corrected chi connectivity index (χ3v) is 3.68. The topological polar surface area (TPSA) is 55.1 Å². The predicted octanol–water partition coefficient (Wildman–Crippen LogP) is 3.10. The first-order chi connectivity index (χ1) is 8.99. The lowest BCUT2D eigenvalue weighted by Crippen LogP contribution is -2.27. The Bertz CT molecular complexity index is 599. The van der Waals surface area contributed by atoms with E-state index in [0.717, 1.165) is 17.0 Å². The van der Waals surface area contributed by atoms with Gasteiger partial charge in [0.1, 0.15) is 5.82 Å². The van der Waals surface area contributed by atoms with Crippen molar-refractivity contribution in [1.29, 1.82) is 0 Å². The maximum absolute atomic E-state index is 13.7. The molecule has 100 valence electrons. The molecule has 3 nitrogen and oxygen atoms in total. The average molecular weight is 282 g/mol. The van der Waals surface area contributed by atoms with E-state index in [1.54, 1.807) is 6.92 Å². The Kier molecular flexibility index (Phi) is 3.80. The van der Waals surface area contributed by atoms with Gasteiger partial charge < -0.3 is 11.1 Å². The Balaban J connectivity index is 2.21. The summed E-state index contributed by atoms with van der Waals surface area (Å²) in [5.41, 5.74) is 4.52. The fraction of sp³-hybridized carbons (Fsp3) is 0.154. The maximum atomic E-state index is 13.7. The predicted molar refractivity (Wildman–Crippen MR) is 71.0 cm³/mol. The molecule has 2 rings (SSSR count). The van der Waals surface area contributed by atoms with Crippen molar-refractivity contribution in [1.82, 2.24) is 5.32 Å². The number of nitrogen functional groups attached to an aromatic ring is 1. The summed E-state index contributed by atoms with van der Waals surface area (Å²) in [5, 5.41) is 4.48. The molecule has 2 aromatic rings. The zero-order valence-corrected chi connectivity index (χ0v) is 10.9. The molecule has 1 heterocycles. The van der Waals surface area contributed by atoms with Crippen LogP contribution in [0.4, 0.5) is 14.5 Å². The second-order valence-electron chi connectivity index (χ2n) is 4.07. The highest BCUT2D eigenvalue weighted by Gasteiger charge is 2.18. The van der Waals surface area contributed by atoms with Gasteiger partial charge in [-0.2, -0.15) is 0 Å². The van der Waals surface area contributed by atoms with Crippen LogP contribution >= 0.6 is 11.3 Å². The fourth-order valence-electron chi connectivity index (χ4n) is 1.66.